The van der Waals surface area contributed by atoms with Gasteiger partial charge in [-0.25, -0.2) is 0 Å². The fourth-order valence-corrected chi connectivity index (χ4v) is 2.12. The lowest BCUT2D eigenvalue weighted by atomic mass is 10.1. The summed E-state index contributed by atoms with van der Waals surface area (Å²) in [5.41, 5.74) is 12.1. The van der Waals surface area contributed by atoms with Crippen LogP contribution in [0.1, 0.15) is 12.1 Å². The van der Waals surface area contributed by atoms with Gasteiger partial charge in [0.2, 0.25) is 11.8 Å². The van der Waals surface area contributed by atoms with Crippen LogP contribution in [0.25, 0.3) is 0 Å². The first kappa shape index (κ1) is 15.4. The molecule has 0 aliphatic heterocycles. The Morgan fingerprint density at radius 3 is 1.55 bits per heavy atom. The Kier molecular flexibility index (Phi) is 4.30. The lowest BCUT2D eigenvalue weighted by Gasteiger charge is -2.25. The minimum atomic E-state index is -0.971. The first-order valence-corrected chi connectivity index (χ1v) is 6.50. The maximum absolute atomic E-state index is 12.3. The Hall–Kier alpha value is -3.04. The van der Waals surface area contributed by atoms with Gasteiger partial charge >= 0.3 is 0 Å². The molecule has 2 unspecified atom stereocenters. The Labute approximate surface area is 126 Å². The van der Waals surface area contributed by atoms with Crippen molar-refractivity contribution in [2.24, 2.45) is 0 Å². The van der Waals surface area contributed by atoms with Gasteiger partial charge in [0.25, 0.3) is 0 Å². The van der Waals surface area contributed by atoms with E-state index < -0.39 is 23.9 Å². The molecule has 22 heavy (non-hydrogen) atoms. The molecule has 0 radical (unpaired) electrons. The van der Waals surface area contributed by atoms with Gasteiger partial charge < -0.3 is 22.1 Å². The molecule has 2 amide bonds. The zero-order valence-electron chi connectivity index (χ0n) is 12.2. The van der Waals surface area contributed by atoms with E-state index in [1.165, 1.54) is 48.2 Å². The second-order valence-corrected chi connectivity index (χ2v) is 4.63. The van der Waals surface area contributed by atoms with Crippen molar-refractivity contribution in [3.63, 3.8) is 0 Å². The number of amides is 2. The maximum Gasteiger partial charge on any atom is 0.247 e. The Bertz CT molecular complexity index is 618. The minimum Gasteiger partial charge on any atom is -0.396 e. The molecule has 0 fully saturated rings. The third-order valence-corrected chi connectivity index (χ3v) is 3.14. The molecular formula is C12H18N8O2. The number of nitrogens with one attached hydrogen (secondary N) is 2. The molecule has 0 saturated carbocycles. The highest BCUT2D eigenvalue weighted by Gasteiger charge is 2.37. The second kappa shape index (κ2) is 6.16. The molecule has 2 rings (SSSR count). The minimum absolute atomic E-state index is 0.379. The van der Waals surface area contributed by atoms with Gasteiger partial charge in [-0.05, 0) is 0 Å². The molecule has 0 aromatic carbocycles. The normalized spacial score (nSPS) is 13.4. The zero-order chi connectivity index (χ0) is 16.3. The van der Waals surface area contributed by atoms with Gasteiger partial charge in [0.1, 0.15) is 0 Å². The largest absolute Gasteiger partial charge is 0.396 e. The van der Waals surface area contributed by atoms with E-state index in [2.05, 4.69) is 20.8 Å². The first-order chi connectivity index (χ1) is 10.5. The molecule has 2 heterocycles. The van der Waals surface area contributed by atoms with Crippen LogP contribution < -0.4 is 22.1 Å². The summed E-state index contributed by atoms with van der Waals surface area (Å²) in [6, 6.07) is -1.94. The number of carbonyl (C=O) groups is 2. The van der Waals surface area contributed by atoms with Crippen molar-refractivity contribution in [2.45, 2.75) is 12.1 Å². The molecule has 10 heteroatoms. The third kappa shape index (κ3) is 2.85. The SMILES string of the molecule is CNC(=O)C(C(C(=O)NC)n1cc(N)cn1)n1cc(N)cn1. The van der Waals surface area contributed by atoms with Crippen LogP contribution in [0.2, 0.25) is 0 Å². The molecule has 0 bridgehead atoms. The molecule has 0 aliphatic carbocycles. The van der Waals surface area contributed by atoms with Gasteiger partial charge in [-0.15, -0.1) is 0 Å². The van der Waals surface area contributed by atoms with Gasteiger partial charge in [-0.1, -0.05) is 0 Å². The maximum atomic E-state index is 12.3. The van der Waals surface area contributed by atoms with Crippen LogP contribution in [-0.4, -0.2) is 45.5 Å². The molecule has 2 aromatic heterocycles. The quantitative estimate of drug-likeness (QED) is 0.530. The number of hydrogen-bond acceptors (Lipinski definition) is 6. The summed E-state index contributed by atoms with van der Waals surface area (Å²) in [5.74, 6) is -0.823. The predicted molar refractivity (Wildman–Crippen MR) is 79.5 cm³/mol. The Morgan fingerprint density at radius 1 is 0.955 bits per heavy atom. The van der Waals surface area contributed by atoms with Crippen LogP contribution in [0, 0.1) is 0 Å². The summed E-state index contributed by atoms with van der Waals surface area (Å²) in [5, 5.41) is 13.1. The highest BCUT2D eigenvalue weighted by molar-refractivity contribution is 5.90. The molecule has 2 aromatic rings. The number of hydrogen-bond donors (Lipinski definition) is 4. The van der Waals surface area contributed by atoms with Crippen LogP contribution in [0.3, 0.4) is 0 Å². The molecule has 2 atom stereocenters. The molecule has 10 nitrogen and oxygen atoms in total. The van der Waals surface area contributed by atoms with Crippen molar-refractivity contribution in [1.82, 2.24) is 30.2 Å². The van der Waals surface area contributed by atoms with Crippen molar-refractivity contribution >= 4 is 23.2 Å². The smallest absolute Gasteiger partial charge is 0.247 e. The monoisotopic (exact) mass is 306 g/mol. The third-order valence-electron chi connectivity index (χ3n) is 3.14. The van der Waals surface area contributed by atoms with Gasteiger partial charge in [-0.3, -0.25) is 19.0 Å². The van der Waals surface area contributed by atoms with E-state index >= 15 is 0 Å². The molecule has 0 saturated heterocycles. The molecule has 118 valence electrons. The number of likely N-dealkylation sites (N-methyl/N-ethyl adjacent to an activating group) is 2. The van der Waals surface area contributed by atoms with Crippen LogP contribution >= 0.6 is 0 Å². The number of anilines is 2. The lowest BCUT2D eigenvalue weighted by molar-refractivity contribution is -0.133. The predicted octanol–water partition coefficient (Wildman–Crippen LogP) is -1.48. The number of nitrogens with two attached hydrogens (primary N) is 2. The summed E-state index contributed by atoms with van der Waals surface area (Å²) in [6.45, 7) is 0. The van der Waals surface area contributed by atoms with Crippen LogP contribution in [0.4, 0.5) is 11.4 Å². The number of nitrogens with zero attached hydrogens (tertiary/aromatic N) is 4. The first-order valence-electron chi connectivity index (χ1n) is 6.50. The summed E-state index contributed by atoms with van der Waals surface area (Å²) in [6.07, 6.45) is 5.74. The lowest BCUT2D eigenvalue weighted by Crippen LogP contribution is -2.43. The molecular weight excluding hydrogens is 288 g/mol. The van der Waals surface area contributed by atoms with E-state index in [9.17, 15) is 9.59 Å². The van der Waals surface area contributed by atoms with E-state index in [0.717, 1.165) is 0 Å². The molecule has 0 spiro atoms. The van der Waals surface area contributed by atoms with Crippen molar-refractivity contribution < 1.29 is 9.59 Å². The summed E-state index contributed by atoms with van der Waals surface area (Å²) in [7, 11) is 2.95. The van der Waals surface area contributed by atoms with Crippen LogP contribution in [-0.2, 0) is 9.59 Å². The van der Waals surface area contributed by atoms with Gasteiger partial charge in [0, 0.05) is 26.5 Å². The Morgan fingerprint density at radius 2 is 1.32 bits per heavy atom. The fraction of sp³-hybridized carbons (Fsp3) is 0.333. The summed E-state index contributed by atoms with van der Waals surface area (Å²) < 4.78 is 2.65. The van der Waals surface area contributed by atoms with Crippen molar-refractivity contribution in [1.29, 1.82) is 0 Å². The summed E-state index contributed by atoms with van der Waals surface area (Å²) in [4.78, 5) is 24.6. The van der Waals surface area contributed by atoms with Gasteiger partial charge in [0.15, 0.2) is 12.1 Å². The van der Waals surface area contributed by atoms with Gasteiger partial charge in [-0.2, -0.15) is 10.2 Å². The van der Waals surface area contributed by atoms with E-state index in [1.54, 1.807) is 0 Å². The van der Waals surface area contributed by atoms with Crippen molar-refractivity contribution in [3.8, 4) is 0 Å². The van der Waals surface area contributed by atoms with E-state index in [-0.39, 0.29) is 0 Å². The topological polar surface area (TPSA) is 146 Å². The second-order valence-electron chi connectivity index (χ2n) is 4.63. The molecule has 6 N–H and O–H groups in total. The average Bonchev–Trinajstić information content (AvgIpc) is 3.11. The number of aromatic nitrogens is 4. The van der Waals surface area contributed by atoms with Crippen molar-refractivity contribution in [3.05, 3.63) is 24.8 Å². The highest BCUT2D eigenvalue weighted by Crippen LogP contribution is 2.25. The van der Waals surface area contributed by atoms with E-state index in [1.807, 2.05) is 0 Å². The van der Waals surface area contributed by atoms with Crippen LogP contribution in [0.15, 0.2) is 24.8 Å². The average molecular weight is 306 g/mol. The number of nitrogen functional groups attached to an aromatic ring is 2. The highest BCUT2D eigenvalue weighted by atomic mass is 16.2. The zero-order valence-corrected chi connectivity index (χ0v) is 12.2. The van der Waals surface area contributed by atoms with E-state index in [0.29, 0.717) is 11.4 Å². The van der Waals surface area contributed by atoms with Crippen LogP contribution in [0.5, 0.6) is 0 Å². The summed E-state index contributed by atoms with van der Waals surface area (Å²) >= 11 is 0. The van der Waals surface area contributed by atoms with E-state index in [4.69, 9.17) is 11.5 Å². The van der Waals surface area contributed by atoms with Gasteiger partial charge in [0.05, 0.1) is 23.8 Å². The number of rotatable bonds is 5. The number of carbonyl (C=O) groups excluding carboxylic acids is 2. The standard InChI is InChI=1S/C12H18N8O2/c1-15-11(21)9(19-5-7(13)3-17-19)10(12(22)16-2)20-6-8(14)4-18-20/h3-6,9-10H,13-14H2,1-2H3,(H,15,21)(H,16,22). The molecule has 0 aliphatic rings. The van der Waals surface area contributed by atoms with Crippen molar-refractivity contribution in [2.75, 3.05) is 25.6 Å². The fourth-order valence-electron chi connectivity index (χ4n) is 2.12. The Balaban J connectivity index is 2.52.